The van der Waals surface area contributed by atoms with Crippen LogP contribution in [0.15, 0.2) is 39.7 Å². The number of amidine groups is 1. The van der Waals surface area contributed by atoms with E-state index in [2.05, 4.69) is 30.1 Å². The minimum Gasteiger partial charge on any atom is -0.255 e. The molecule has 2 heterocycles. The van der Waals surface area contributed by atoms with Gasteiger partial charge in [-0.1, -0.05) is 29.8 Å². The molecule has 2 aliphatic rings. The molecule has 1 unspecified atom stereocenters. The molecule has 1 aromatic carbocycles. The summed E-state index contributed by atoms with van der Waals surface area (Å²) in [7, 11) is 3.18. The molecule has 1 atom stereocenters. The number of urea groups is 1. The minimum atomic E-state index is -0.488. The number of rotatable bonds is 3. The summed E-state index contributed by atoms with van der Waals surface area (Å²) < 4.78 is 1.46. The normalized spacial score (nSPS) is 20.8. The zero-order valence-electron chi connectivity index (χ0n) is 14.2. The SMILES string of the molecule is CC1=C(SCc2cccc(C)c2)C2C(=O)N(C)C(=O)[N+](C)=C2N=C1. The number of nitrogens with zero attached hydrogens (tertiary/aromatic N) is 3. The summed E-state index contributed by atoms with van der Waals surface area (Å²) >= 11 is 1.64. The lowest BCUT2D eigenvalue weighted by molar-refractivity contribution is -0.407. The van der Waals surface area contributed by atoms with Gasteiger partial charge in [0.05, 0.1) is 14.1 Å². The third-order valence-corrected chi connectivity index (χ3v) is 5.62. The number of hydrogen-bond acceptors (Lipinski definition) is 4. The fraction of sp³-hybridized carbons (Fsp3) is 0.333. The maximum absolute atomic E-state index is 12.7. The van der Waals surface area contributed by atoms with Crippen molar-refractivity contribution >= 4 is 35.8 Å². The first kappa shape index (κ1) is 16.6. The van der Waals surface area contributed by atoms with Gasteiger partial charge in [-0.3, -0.25) is 4.79 Å². The molecule has 124 valence electrons. The van der Waals surface area contributed by atoms with E-state index in [4.69, 9.17) is 0 Å². The number of carbonyl (C=O) groups is 2. The molecular formula is C18H20N3O2S+. The Morgan fingerprint density at radius 1 is 1.29 bits per heavy atom. The average Bonchev–Trinajstić information content (AvgIpc) is 2.56. The van der Waals surface area contributed by atoms with Crippen molar-refractivity contribution in [2.45, 2.75) is 19.6 Å². The summed E-state index contributed by atoms with van der Waals surface area (Å²) in [4.78, 5) is 31.3. The van der Waals surface area contributed by atoms with Crippen molar-refractivity contribution in [1.82, 2.24) is 4.90 Å². The van der Waals surface area contributed by atoms with Gasteiger partial charge in [-0.15, -0.1) is 16.8 Å². The monoisotopic (exact) mass is 342 g/mol. The number of aliphatic imine (C=N–C) groups is 1. The van der Waals surface area contributed by atoms with Crippen LogP contribution < -0.4 is 0 Å². The molecule has 6 heteroatoms. The Bertz CT molecular complexity index is 823. The van der Waals surface area contributed by atoms with Gasteiger partial charge in [0.1, 0.15) is 6.21 Å². The van der Waals surface area contributed by atoms with E-state index in [-0.39, 0.29) is 11.9 Å². The fourth-order valence-corrected chi connectivity index (χ4v) is 4.07. The highest BCUT2D eigenvalue weighted by Gasteiger charge is 2.47. The molecule has 0 aliphatic carbocycles. The number of hydrogen-bond donors (Lipinski definition) is 0. The highest BCUT2D eigenvalue weighted by Crippen LogP contribution is 2.36. The Hall–Kier alpha value is -2.21. The van der Waals surface area contributed by atoms with Gasteiger partial charge < -0.3 is 0 Å². The first-order chi connectivity index (χ1) is 11.4. The molecule has 0 aromatic heterocycles. The lowest BCUT2D eigenvalue weighted by atomic mass is 9.99. The van der Waals surface area contributed by atoms with Crippen LogP contribution in [0.4, 0.5) is 4.79 Å². The van der Waals surface area contributed by atoms with E-state index in [1.54, 1.807) is 25.0 Å². The van der Waals surface area contributed by atoms with Crippen LogP contribution in [0.1, 0.15) is 18.1 Å². The van der Waals surface area contributed by atoms with Crippen molar-refractivity contribution in [2.75, 3.05) is 14.1 Å². The Labute approximate surface area is 145 Å². The molecule has 3 amide bonds. The summed E-state index contributed by atoms with van der Waals surface area (Å²) in [5.41, 5.74) is 3.41. The molecule has 3 rings (SSSR count). The third-order valence-electron chi connectivity index (χ3n) is 4.27. The minimum absolute atomic E-state index is 0.212. The van der Waals surface area contributed by atoms with E-state index < -0.39 is 5.92 Å². The fourth-order valence-electron chi connectivity index (χ4n) is 2.92. The van der Waals surface area contributed by atoms with Crippen LogP contribution in [0, 0.1) is 12.8 Å². The lowest BCUT2D eigenvalue weighted by Crippen LogP contribution is -2.52. The van der Waals surface area contributed by atoms with Gasteiger partial charge in [0.15, 0.2) is 5.92 Å². The predicted octanol–water partition coefficient (Wildman–Crippen LogP) is 2.84. The first-order valence-corrected chi connectivity index (χ1v) is 8.74. The van der Waals surface area contributed by atoms with Crippen LogP contribution in [0.25, 0.3) is 0 Å². The van der Waals surface area contributed by atoms with Gasteiger partial charge in [0, 0.05) is 10.7 Å². The summed E-state index contributed by atoms with van der Waals surface area (Å²) in [6.45, 7) is 4.03. The molecule has 0 N–H and O–H groups in total. The number of dihydropyridines is 1. The van der Waals surface area contributed by atoms with Crippen molar-refractivity contribution in [3.05, 3.63) is 45.9 Å². The molecule has 2 aliphatic heterocycles. The Morgan fingerprint density at radius 3 is 2.75 bits per heavy atom. The van der Waals surface area contributed by atoms with Crippen molar-refractivity contribution in [1.29, 1.82) is 0 Å². The molecule has 0 saturated heterocycles. The smallest absolute Gasteiger partial charge is 0.255 e. The average molecular weight is 342 g/mol. The van der Waals surface area contributed by atoms with Crippen molar-refractivity contribution in [3.8, 4) is 0 Å². The van der Waals surface area contributed by atoms with Crippen LogP contribution in [0.3, 0.4) is 0 Å². The van der Waals surface area contributed by atoms with Gasteiger partial charge in [-0.05, 0) is 25.0 Å². The number of fused-ring (bicyclic) bond motifs is 1. The van der Waals surface area contributed by atoms with E-state index in [1.807, 2.05) is 13.0 Å². The molecule has 0 bridgehead atoms. The Balaban J connectivity index is 1.93. The number of thioether (sulfide) groups is 1. The van der Waals surface area contributed by atoms with E-state index in [0.717, 1.165) is 16.2 Å². The molecule has 1 aromatic rings. The molecular weight excluding hydrogens is 322 g/mol. The highest BCUT2D eigenvalue weighted by atomic mass is 32.2. The number of aryl methyl sites for hydroxylation is 1. The molecule has 0 radical (unpaired) electrons. The second kappa shape index (κ2) is 6.36. The summed E-state index contributed by atoms with van der Waals surface area (Å²) in [5.74, 6) is 0.592. The van der Waals surface area contributed by atoms with Crippen molar-refractivity contribution < 1.29 is 14.2 Å². The number of benzene rings is 1. The Kier molecular flexibility index (Phi) is 4.41. The predicted molar refractivity (Wildman–Crippen MR) is 96.5 cm³/mol. The number of amides is 3. The van der Waals surface area contributed by atoms with Crippen LogP contribution in [0.5, 0.6) is 0 Å². The Morgan fingerprint density at radius 2 is 2.04 bits per heavy atom. The van der Waals surface area contributed by atoms with Gasteiger partial charge in [0.2, 0.25) is 0 Å². The van der Waals surface area contributed by atoms with Gasteiger partial charge >= 0.3 is 11.9 Å². The molecule has 0 spiro atoms. The molecule has 0 saturated carbocycles. The summed E-state index contributed by atoms with van der Waals surface area (Å²) in [6.07, 6.45) is 1.74. The first-order valence-electron chi connectivity index (χ1n) is 7.75. The molecule has 5 nitrogen and oxygen atoms in total. The topological polar surface area (TPSA) is 52.8 Å². The van der Waals surface area contributed by atoms with Gasteiger partial charge in [-0.2, -0.15) is 9.48 Å². The number of carbonyl (C=O) groups excluding carboxylic acids is 2. The van der Waals surface area contributed by atoms with Gasteiger partial charge in [0.25, 0.3) is 5.84 Å². The maximum atomic E-state index is 12.7. The molecule has 0 fully saturated rings. The summed E-state index contributed by atoms with van der Waals surface area (Å²) in [5, 5.41) is 0. The zero-order valence-corrected chi connectivity index (χ0v) is 15.1. The molecule has 24 heavy (non-hydrogen) atoms. The van der Waals surface area contributed by atoms with Crippen molar-refractivity contribution in [2.24, 2.45) is 10.9 Å². The van der Waals surface area contributed by atoms with Crippen LogP contribution in [-0.2, 0) is 10.5 Å². The number of allylic oxidation sites excluding steroid dienone is 1. The quantitative estimate of drug-likeness (QED) is 0.794. The van der Waals surface area contributed by atoms with E-state index in [9.17, 15) is 9.59 Å². The van der Waals surface area contributed by atoms with Crippen molar-refractivity contribution in [3.63, 3.8) is 0 Å². The largest absolute Gasteiger partial charge is 0.445 e. The van der Waals surface area contributed by atoms with E-state index in [0.29, 0.717) is 5.84 Å². The van der Waals surface area contributed by atoms with Crippen LogP contribution >= 0.6 is 11.8 Å². The maximum Gasteiger partial charge on any atom is 0.445 e. The summed E-state index contributed by atoms with van der Waals surface area (Å²) in [6, 6.07) is 8.00. The van der Waals surface area contributed by atoms with E-state index >= 15 is 0 Å². The highest BCUT2D eigenvalue weighted by molar-refractivity contribution is 8.02. The second-order valence-electron chi connectivity index (χ2n) is 6.11. The third kappa shape index (κ3) is 2.82. The standard InChI is InChI=1S/C18H20N3O2S/c1-11-6-5-7-13(8-11)10-24-15-12(2)9-19-16-14(15)17(22)21(4)18(23)20(16)3/h5-9,14H,10H2,1-4H3/q+1. The van der Waals surface area contributed by atoms with Crippen LogP contribution in [-0.4, -0.2) is 47.6 Å². The lowest BCUT2D eigenvalue weighted by Gasteiger charge is -2.27. The van der Waals surface area contributed by atoms with E-state index in [1.165, 1.54) is 27.7 Å². The second-order valence-corrected chi connectivity index (χ2v) is 7.13. The zero-order chi connectivity index (χ0) is 17.4. The van der Waals surface area contributed by atoms with Crippen LogP contribution in [0.2, 0.25) is 0 Å². The number of imide groups is 1. The van der Waals surface area contributed by atoms with Gasteiger partial charge in [-0.25, -0.2) is 4.79 Å².